The molecule has 1 heterocycles. The van der Waals surface area contributed by atoms with Gasteiger partial charge < -0.3 is 15.5 Å². The summed E-state index contributed by atoms with van der Waals surface area (Å²) in [7, 11) is 1.69. The van der Waals surface area contributed by atoms with Gasteiger partial charge in [0.25, 0.3) is 5.91 Å². The standard InChI is InChI=1S/C19H20N4O2/c1-3-20-19(25)22-17-18(24)23(2)15-12-8-7-11-14(15)16(21-17)13-9-5-4-6-10-13/h4-12,17H,3H2,1-2H3,(H2,20,22,25). The molecule has 0 saturated carbocycles. The quantitative estimate of drug-likeness (QED) is 0.901. The van der Waals surface area contributed by atoms with E-state index in [1.165, 1.54) is 4.90 Å². The number of benzodiazepines with no additional fused rings is 1. The van der Waals surface area contributed by atoms with Crippen molar-refractivity contribution in [3.8, 4) is 0 Å². The summed E-state index contributed by atoms with van der Waals surface area (Å²) in [5, 5.41) is 5.28. The van der Waals surface area contributed by atoms with E-state index in [-0.39, 0.29) is 5.91 Å². The third-order valence-electron chi connectivity index (χ3n) is 4.00. The zero-order chi connectivity index (χ0) is 17.8. The maximum atomic E-state index is 12.8. The minimum Gasteiger partial charge on any atom is -0.338 e. The van der Waals surface area contributed by atoms with Crippen molar-refractivity contribution in [1.29, 1.82) is 0 Å². The lowest BCUT2D eigenvalue weighted by Gasteiger charge is -2.20. The lowest BCUT2D eigenvalue weighted by Crippen LogP contribution is -2.49. The number of para-hydroxylation sites is 1. The molecule has 6 nitrogen and oxygen atoms in total. The molecule has 1 unspecified atom stereocenters. The molecule has 25 heavy (non-hydrogen) atoms. The summed E-state index contributed by atoms with van der Waals surface area (Å²) >= 11 is 0. The molecule has 0 aliphatic carbocycles. The highest BCUT2D eigenvalue weighted by Crippen LogP contribution is 2.26. The Morgan fingerprint density at radius 1 is 1.12 bits per heavy atom. The predicted molar refractivity (Wildman–Crippen MR) is 97.9 cm³/mol. The Labute approximate surface area is 146 Å². The van der Waals surface area contributed by atoms with Crippen LogP contribution >= 0.6 is 0 Å². The zero-order valence-electron chi connectivity index (χ0n) is 14.2. The third-order valence-corrected chi connectivity index (χ3v) is 4.00. The Hall–Kier alpha value is -3.15. The number of nitrogens with one attached hydrogen (secondary N) is 2. The van der Waals surface area contributed by atoms with Crippen molar-refractivity contribution in [2.24, 2.45) is 4.99 Å². The number of carbonyl (C=O) groups excluding carboxylic acids is 2. The van der Waals surface area contributed by atoms with Gasteiger partial charge in [0.1, 0.15) is 0 Å². The van der Waals surface area contributed by atoms with Crippen molar-refractivity contribution >= 4 is 23.3 Å². The van der Waals surface area contributed by atoms with Gasteiger partial charge in [0.05, 0.1) is 11.4 Å². The normalized spacial score (nSPS) is 16.6. The van der Waals surface area contributed by atoms with E-state index in [0.29, 0.717) is 12.3 Å². The average Bonchev–Trinajstić information content (AvgIpc) is 2.74. The Morgan fingerprint density at radius 2 is 1.80 bits per heavy atom. The molecule has 1 atom stereocenters. The minimum absolute atomic E-state index is 0.287. The van der Waals surface area contributed by atoms with E-state index in [1.54, 1.807) is 7.05 Å². The van der Waals surface area contributed by atoms with Crippen LogP contribution in [0.3, 0.4) is 0 Å². The Balaban J connectivity index is 2.11. The fraction of sp³-hybridized carbons (Fsp3) is 0.211. The van der Waals surface area contributed by atoms with Crippen LogP contribution in [0.15, 0.2) is 59.6 Å². The first kappa shape index (κ1) is 16.7. The molecule has 0 saturated heterocycles. The molecule has 3 amide bonds. The van der Waals surface area contributed by atoms with Gasteiger partial charge in [-0.25, -0.2) is 9.79 Å². The number of rotatable bonds is 3. The summed E-state index contributed by atoms with van der Waals surface area (Å²) in [6, 6.07) is 16.8. The number of amides is 3. The molecule has 0 bridgehead atoms. The van der Waals surface area contributed by atoms with Crippen molar-refractivity contribution in [2.75, 3.05) is 18.5 Å². The second-order valence-electron chi connectivity index (χ2n) is 5.66. The van der Waals surface area contributed by atoms with Gasteiger partial charge in [-0.15, -0.1) is 0 Å². The molecule has 2 aromatic carbocycles. The van der Waals surface area contributed by atoms with Gasteiger partial charge >= 0.3 is 6.03 Å². The number of likely N-dealkylation sites (N-methyl/N-ethyl adjacent to an activating group) is 1. The topological polar surface area (TPSA) is 73.8 Å². The first-order valence-corrected chi connectivity index (χ1v) is 8.16. The second kappa shape index (κ2) is 7.17. The highest BCUT2D eigenvalue weighted by molar-refractivity contribution is 6.20. The largest absolute Gasteiger partial charge is 0.338 e. The summed E-state index contributed by atoms with van der Waals surface area (Å²) in [6.45, 7) is 2.28. The first-order valence-electron chi connectivity index (χ1n) is 8.16. The minimum atomic E-state index is -0.987. The zero-order valence-corrected chi connectivity index (χ0v) is 14.2. The monoisotopic (exact) mass is 336 g/mol. The average molecular weight is 336 g/mol. The Bertz CT molecular complexity index is 817. The number of aliphatic imine (C=N–C) groups is 1. The highest BCUT2D eigenvalue weighted by atomic mass is 16.2. The van der Waals surface area contributed by atoms with Gasteiger partial charge in [0, 0.05) is 24.7 Å². The van der Waals surface area contributed by atoms with Crippen LogP contribution in [0.5, 0.6) is 0 Å². The van der Waals surface area contributed by atoms with Gasteiger partial charge in [-0.1, -0.05) is 48.5 Å². The van der Waals surface area contributed by atoms with E-state index < -0.39 is 12.2 Å². The van der Waals surface area contributed by atoms with Crippen molar-refractivity contribution in [2.45, 2.75) is 13.1 Å². The van der Waals surface area contributed by atoms with Gasteiger partial charge in [-0.2, -0.15) is 0 Å². The summed E-state index contributed by atoms with van der Waals surface area (Å²) in [4.78, 5) is 30.9. The van der Waals surface area contributed by atoms with E-state index in [4.69, 9.17) is 0 Å². The SMILES string of the molecule is CCNC(=O)NC1N=C(c2ccccc2)c2ccccc2N(C)C1=O. The first-order chi connectivity index (χ1) is 12.1. The van der Waals surface area contributed by atoms with Crippen molar-refractivity contribution < 1.29 is 9.59 Å². The van der Waals surface area contributed by atoms with E-state index in [9.17, 15) is 9.59 Å². The van der Waals surface area contributed by atoms with E-state index >= 15 is 0 Å². The Kier molecular flexibility index (Phi) is 4.79. The molecule has 1 aliphatic heterocycles. The van der Waals surface area contributed by atoms with Crippen molar-refractivity contribution in [3.63, 3.8) is 0 Å². The van der Waals surface area contributed by atoms with Crippen LogP contribution in [0.1, 0.15) is 18.1 Å². The fourth-order valence-corrected chi connectivity index (χ4v) is 2.78. The van der Waals surface area contributed by atoms with Crippen LogP contribution in [0.2, 0.25) is 0 Å². The molecule has 128 valence electrons. The van der Waals surface area contributed by atoms with Crippen molar-refractivity contribution in [3.05, 3.63) is 65.7 Å². The molecule has 2 aromatic rings. The summed E-state index contributed by atoms with van der Waals surface area (Å²) in [5.74, 6) is -0.287. The van der Waals surface area contributed by atoms with E-state index in [1.807, 2.05) is 61.5 Å². The van der Waals surface area contributed by atoms with Crippen LogP contribution in [0.4, 0.5) is 10.5 Å². The molecule has 1 aliphatic rings. The molecule has 0 radical (unpaired) electrons. The number of carbonyl (C=O) groups is 2. The Morgan fingerprint density at radius 3 is 2.52 bits per heavy atom. The van der Waals surface area contributed by atoms with Crippen LogP contribution in [-0.4, -0.2) is 37.4 Å². The lowest BCUT2D eigenvalue weighted by atomic mass is 10.0. The number of anilines is 1. The number of hydrogen-bond acceptors (Lipinski definition) is 3. The molecular formula is C19H20N4O2. The number of urea groups is 1. The molecule has 0 fully saturated rings. The van der Waals surface area contributed by atoms with Crippen LogP contribution in [-0.2, 0) is 4.79 Å². The number of nitrogens with zero attached hydrogens (tertiary/aromatic N) is 2. The molecule has 0 aromatic heterocycles. The summed E-state index contributed by atoms with van der Waals surface area (Å²) in [5.41, 5.74) is 3.18. The molecule has 2 N–H and O–H groups in total. The van der Waals surface area contributed by atoms with Crippen LogP contribution in [0, 0.1) is 0 Å². The fourth-order valence-electron chi connectivity index (χ4n) is 2.78. The van der Waals surface area contributed by atoms with Gasteiger partial charge in [0.15, 0.2) is 0 Å². The molecular weight excluding hydrogens is 316 g/mol. The van der Waals surface area contributed by atoms with Gasteiger partial charge in [-0.05, 0) is 13.0 Å². The number of benzene rings is 2. The summed E-state index contributed by atoms with van der Waals surface area (Å²) < 4.78 is 0. The maximum absolute atomic E-state index is 12.8. The van der Waals surface area contributed by atoms with Gasteiger partial charge in [-0.3, -0.25) is 4.79 Å². The number of fused-ring (bicyclic) bond motifs is 1. The van der Waals surface area contributed by atoms with Crippen LogP contribution in [0.25, 0.3) is 0 Å². The number of hydrogen-bond donors (Lipinski definition) is 2. The molecule has 0 spiro atoms. The maximum Gasteiger partial charge on any atom is 0.316 e. The lowest BCUT2D eigenvalue weighted by molar-refractivity contribution is -0.119. The van der Waals surface area contributed by atoms with Crippen LogP contribution < -0.4 is 15.5 Å². The molecule has 3 rings (SSSR count). The second-order valence-corrected chi connectivity index (χ2v) is 5.66. The third kappa shape index (κ3) is 3.38. The predicted octanol–water partition coefficient (Wildman–Crippen LogP) is 2.15. The van der Waals surface area contributed by atoms with E-state index in [0.717, 1.165) is 16.8 Å². The van der Waals surface area contributed by atoms with Gasteiger partial charge in [0.2, 0.25) is 6.17 Å². The smallest absolute Gasteiger partial charge is 0.316 e. The molecule has 6 heteroatoms. The van der Waals surface area contributed by atoms with E-state index in [2.05, 4.69) is 15.6 Å². The summed E-state index contributed by atoms with van der Waals surface area (Å²) in [6.07, 6.45) is -0.987. The highest BCUT2D eigenvalue weighted by Gasteiger charge is 2.30. The van der Waals surface area contributed by atoms with Crippen molar-refractivity contribution in [1.82, 2.24) is 10.6 Å².